The van der Waals surface area contributed by atoms with Crippen LogP contribution in [0.25, 0.3) is 21.6 Å². The molecular formula is C32H36Cl3N3O3S. The molecule has 1 aromatic heterocycles. The Kier molecular flexibility index (Phi) is 10.5. The lowest BCUT2D eigenvalue weighted by Crippen LogP contribution is -2.53. The van der Waals surface area contributed by atoms with Gasteiger partial charge in [-0.1, -0.05) is 72.3 Å². The molecule has 3 aromatic rings. The molecule has 1 aliphatic heterocycles. The Morgan fingerprint density at radius 1 is 1.00 bits per heavy atom. The van der Waals surface area contributed by atoms with Crippen molar-refractivity contribution < 1.29 is 14.3 Å². The van der Waals surface area contributed by atoms with E-state index in [9.17, 15) is 9.59 Å². The van der Waals surface area contributed by atoms with Crippen LogP contribution in [0.1, 0.15) is 61.0 Å². The van der Waals surface area contributed by atoms with E-state index in [0.717, 1.165) is 62.1 Å². The van der Waals surface area contributed by atoms with Gasteiger partial charge in [0, 0.05) is 26.0 Å². The minimum absolute atomic E-state index is 0.179. The van der Waals surface area contributed by atoms with E-state index in [4.69, 9.17) is 45.3 Å². The van der Waals surface area contributed by atoms with E-state index in [1.54, 1.807) is 24.3 Å². The number of carbonyl (C=O) groups is 2. The second-order valence-electron chi connectivity index (χ2n) is 11.1. The fourth-order valence-corrected chi connectivity index (χ4v) is 8.22. The van der Waals surface area contributed by atoms with Gasteiger partial charge in [-0.25, -0.2) is 0 Å². The monoisotopic (exact) mass is 647 g/mol. The molecule has 1 aliphatic carbocycles. The number of ether oxygens (including phenoxy) is 1. The van der Waals surface area contributed by atoms with Crippen LogP contribution in [0.15, 0.2) is 42.5 Å². The van der Waals surface area contributed by atoms with Crippen LogP contribution in [0.3, 0.4) is 0 Å². The predicted octanol–water partition coefficient (Wildman–Crippen LogP) is 7.98. The molecule has 5 rings (SSSR count). The van der Waals surface area contributed by atoms with E-state index in [0.29, 0.717) is 56.4 Å². The molecule has 224 valence electrons. The number of hydrogen-bond donors (Lipinski definition) is 3. The van der Waals surface area contributed by atoms with Gasteiger partial charge in [0.15, 0.2) is 5.75 Å². The molecule has 0 bridgehead atoms. The topological polar surface area (TPSA) is 93.4 Å². The molecule has 2 fully saturated rings. The van der Waals surface area contributed by atoms with E-state index in [-0.39, 0.29) is 11.8 Å². The first kappa shape index (κ1) is 31.3. The quantitative estimate of drug-likeness (QED) is 0.162. The van der Waals surface area contributed by atoms with Crippen LogP contribution >= 0.6 is 46.1 Å². The molecule has 4 N–H and O–H groups in total. The number of hydrogen-bond acceptors (Lipinski definition) is 6. The molecule has 2 amide bonds. The average molecular weight is 649 g/mol. The smallest absolute Gasteiger partial charge is 0.271 e. The van der Waals surface area contributed by atoms with Gasteiger partial charge in [-0.2, -0.15) is 0 Å². The highest BCUT2D eigenvalue weighted by Crippen LogP contribution is 2.51. The number of nitrogens with one attached hydrogen (secondary N) is 2. The maximum atomic E-state index is 14.1. The van der Waals surface area contributed by atoms with Gasteiger partial charge in [-0.3, -0.25) is 14.9 Å². The van der Waals surface area contributed by atoms with Crippen LogP contribution in [-0.4, -0.2) is 38.1 Å². The summed E-state index contributed by atoms with van der Waals surface area (Å²) >= 11 is 20.4. The standard InChI is InChI=1S/C32H36Cl3N3O3S/c33-22-9-7-20(8-10-22)26-27(41-18-4-15-36)29(42-28(26)24-12-11-23(34)19-25(24)35)30(39)38-31(40)32(13-16-37-17-14-32)21-5-2-1-3-6-21/h7-12,19,21,37H,1-6,13-18,36H2,(H,38,39,40). The molecule has 2 aliphatic rings. The minimum atomic E-state index is -0.555. The molecular weight excluding hydrogens is 613 g/mol. The number of imide groups is 1. The van der Waals surface area contributed by atoms with Crippen LogP contribution in [-0.2, 0) is 4.79 Å². The molecule has 0 unspecified atom stereocenters. The number of rotatable bonds is 9. The molecule has 0 radical (unpaired) electrons. The predicted molar refractivity (Wildman–Crippen MR) is 173 cm³/mol. The summed E-state index contributed by atoms with van der Waals surface area (Å²) < 4.78 is 6.29. The summed E-state index contributed by atoms with van der Waals surface area (Å²) in [6, 6.07) is 12.6. The van der Waals surface area contributed by atoms with Crippen molar-refractivity contribution in [3.63, 3.8) is 0 Å². The Bertz CT molecular complexity index is 1410. The zero-order valence-electron chi connectivity index (χ0n) is 23.4. The van der Waals surface area contributed by atoms with Gasteiger partial charge in [-0.15, -0.1) is 11.3 Å². The van der Waals surface area contributed by atoms with E-state index in [1.165, 1.54) is 17.8 Å². The fraction of sp³-hybridized carbons (Fsp3) is 0.438. The van der Waals surface area contributed by atoms with Crippen molar-refractivity contribution >= 4 is 58.0 Å². The SMILES string of the molecule is NCCCOc1c(C(=O)NC(=O)C2(C3CCCCC3)CCNCC2)sc(-c2ccc(Cl)cc2Cl)c1-c1ccc(Cl)cc1. The van der Waals surface area contributed by atoms with Crippen LogP contribution in [0, 0.1) is 11.3 Å². The van der Waals surface area contributed by atoms with Crippen molar-refractivity contribution in [2.24, 2.45) is 17.1 Å². The van der Waals surface area contributed by atoms with E-state index < -0.39 is 11.3 Å². The Labute approximate surface area is 266 Å². The molecule has 2 heterocycles. The summed E-state index contributed by atoms with van der Waals surface area (Å²) in [7, 11) is 0. The lowest BCUT2D eigenvalue weighted by atomic mass is 9.63. The zero-order chi connectivity index (χ0) is 29.7. The Balaban J connectivity index is 1.58. The Morgan fingerprint density at radius 3 is 2.36 bits per heavy atom. The largest absolute Gasteiger partial charge is 0.491 e. The number of benzene rings is 2. The normalized spacial score (nSPS) is 17.1. The number of carbonyl (C=O) groups excluding carboxylic acids is 2. The van der Waals surface area contributed by atoms with E-state index in [2.05, 4.69) is 10.6 Å². The Morgan fingerprint density at radius 2 is 1.69 bits per heavy atom. The first-order chi connectivity index (χ1) is 20.3. The first-order valence-corrected chi connectivity index (χ1v) is 16.6. The van der Waals surface area contributed by atoms with Crippen molar-refractivity contribution in [2.75, 3.05) is 26.2 Å². The highest BCUT2D eigenvalue weighted by molar-refractivity contribution is 7.18. The lowest BCUT2D eigenvalue weighted by molar-refractivity contribution is -0.136. The van der Waals surface area contributed by atoms with Crippen molar-refractivity contribution in [1.82, 2.24) is 10.6 Å². The Hall–Kier alpha value is -2.13. The van der Waals surface area contributed by atoms with Crippen LogP contribution in [0.5, 0.6) is 5.75 Å². The second-order valence-corrected chi connectivity index (χ2v) is 13.4. The maximum absolute atomic E-state index is 14.1. The number of amides is 2. The third-order valence-corrected chi connectivity index (χ3v) is 10.5. The number of piperidine rings is 1. The highest BCUT2D eigenvalue weighted by atomic mass is 35.5. The fourth-order valence-electron chi connectivity index (χ4n) is 6.34. The molecule has 1 saturated carbocycles. The zero-order valence-corrected chi connectivity index (χ0v) is 26.5. The van der Waals surface area contributed by atoms with Crippen molar-refractivity contribution in [3.8, 4) is 27.3 Å². The third kappa shape index (κ3) is 6.67. The lowest BCUT2D eigenvalue weighted by Gasteiger charge is -2.44. The third-order valence-electron chi connectivity index (χ3n) is 8.54. The first-order valence-electron chi connectivity index (χ1n) is 14.6. The van der Waals surface area contributed by atoms with Crippen molar-refractivity contribution in [1.29, 1.82) is 0 Å². The van der Waals surface area contributed by atoms with Crippen LogP contribution < -0.4 is 21.1 Å². The summed E-state index contributed by atoms with van der Waals surface area (Å²) in [4.78, 5) is 29.2. The molecule has 2 aromatic carbocycles. The molecule has 6 nitrogen and oxygen atoms in total. The molecule has 10 heteroatoms. The highest BCUT2D eigenvalue weighted by Gasteiger charge is 2.47. The minimum Gasteiger partial charge on any atom is -0.491 e. The van der Waals surface area contributed by atoms with Gasteiger partial charge in [0.05, 0.1) is 17.0 Å². The number of thiophene rings is 1. The average Bonchev–Trinajstić information content (AvgIpc) is 3.37. The van der Waals surface area contributed by atoms with Gasteiger partial charge < -0.3 is 15.8 Å². The summed E-state index contributed by atoms with van der Waals surface area (Å²) in [5.74, 6) is 0.0336. The van der Waals surface area contributed by atoms with E-state index >= 15 is 0 Å². The van der Waals surface area contributed by atoms with Gasteiger partial charge in [0.1, 0.15) is 4.88 Å². The van der Waals surface area contributed by atoms with Gasteiger partial charge in [-0.05, 0) is 87.5 Å². The molecule has 0 atom stereocenters. The molecule has 1 saturated heterocycles. The summed E-state index contributed by atoms with van der Waals surface area (Å²) in [5, 5.41) is 7.77. The van der Waals surface area contributed by atoms with Crippen LogP contribution in [0.4, 0.5) is 0 Å². The summed E-state index contributed by atoms with van der Waals surface area (Å²) in [5.41, 5.74) is 7.44. The van der Waals surface area contributed by atoms with Crippen molar-refractivity contribution in [2.45, 2.75) is 51.4 Å². The molecule has 42 heavy (non-hydrogen) atoms. The van der Waals surface area contributed by atoms with Crippen molar-refractivity contribution in [3.05, 3.63) is 62.4 Å². The number of halogens is 3. The number of nitrogens with two attached hydrogens (primary N) is 1. The van der Waals surface area contributed by atoms with Gasteiger partial charge >= 0.3 is 0 Å². The maximum Gasteiger partial charge on any atom is 0.271 e. The second kappa shape index (κ2) is 14.1. The summed E-state index contributed by atoms with van der Waals surface area (Å²) in [6.07, 6.45) is 7.55. The van der Waals surface area contributed by atoms with E-state index in [1.807, 2.05) is 18.2 Å². The molecule has 0 spiro atoms. The van der Waals surface area contributed by atoms with Gasteiger partial charge in [0.25, 0.3) is 5.91 Å². The van der Waals surface area contributed by atoms with Crippen LogP contribution in [0.2, 0.25) is 15.1 Å². The van der Waals surface area contributed by atoms with Gasteiger partial charge in [0.2, 0.25) is 5.91 Å². The summed E-state index contributed by atoms with van der Waals surface area (Å²) in [6.45, 7) is 2.29.